The number of nitriles is 1. The minimum atomic E-state index is 0.294. The first kappa shape index (κ1) is 14.5. The fourth-order valence-electron chi connectivity index (χ4n) is 2.09. The molecule has 0 bridgehead atoms. The van der Waals surface area contributed by atoms with Gasteiger partial charge in [-0.05, 0) is 18.2 Å². The molecule has 0 radical (unpaired) electrons. The fourth-order valence-corrected chi connectivity index (χ4v) is 2.09. The molecule has 0 aliphatic heterocycles. The van der Waals surface area contributed by atoms with Crippen molar-refractivity contribution in [3.05, 3.63) is 30.0 Å². The van der Waals surface area contributed by atoms with Crippen LogP contribution < -0.4 is 19.9 Å². The molecule has 2 N–H and O–H groups in total. The molecule has 6 heteroatoms. The minimum absolute atomic E-state index is 0.294. The SMILES string of the molecule is COc1ccc(-c2nccc(N)c2C#N)c(OC)c1OC. The van der Waals surface area contributed by atoms with Gasteiger partial charge in [0.25, 0.3) is 0 Å². The van der Waals surface area contributed by atoms with Gasteiger partial charge in [0.05, 0.1) is 32.7 Å². The van der Waals surface area contributed by atoms with Gasteiger partial charge in [-0.2, -0.15) is 5.26 Å². The van der Waals surface area contributed by atoms with Crippen LogP contribution in [0.5, 0.6) is 17.2 Å². The first-order chi connectivity index (χ1) is 10.2. The van der Waals surface area contributed by atoms with E-state index in [1.54, 1.807) is 24.4 Å². The van der Waals surface area contributed by atoms with Gasteiger partial charge in [-0.15, -0.1) is 0 Å². The number of nitrogens with two attached hydrogens (primary N) is 1. The van der Waals surface area contributed by atoms with Crippen molar-refractivity contribution < 1.29 is 14.2 Å². The number of hydrogen-bond donors (Lipinski definition) is 1. The van der Waals surface area contributed by atoms with Crippen LogP contribution in [0, 0.1) is 11.3 Å². The molecule has 0 atom stereocenters. The molecule has 0 unspecified atom stereocenters. The largest absolute Gasteiger partial charge is 0.493 e. The number of nitrogens with zero attached hydrogens (tertiary/aromatic N) is 2. The first-order valence-electron chi connectivity index (χ1n) is 6.11. The van der Waals surface area contributed by atoms with Gasteiger partial charge >= 0.3 is 0 Å². The van der Waals surface area contributed by atoms with E-state index in [9.17, 15) is 5.26 Å². The van der Waals surface area contributed by atoms with E-state index in [4.69, 9.17) is 19.9 Å². The minimum Gasteiger partial charge on any atom is -0.493 e. The molecule has 6 nitrogen and oxygen atoms in total. The maximum atomic E-state index is 9.28. The normalized spacial score (nSPS) is 9.81. The smallest absolute Gasteiger partial charge is 0.203 e. The Morgan fingerprint density at radius 2 is 1.76 bits per heavy atom. The molecule has 1 aromatic heterocycles. The Kier molecular flexibility index (Phi) is 4.14. The van der Waals surface area contributed by atoms with E-state index < -0.39 is 0 Å². The number of anilines is 1. The van der Waals surface area contributed by atoms with Crippen LogP contribution in [0.25, 0.3) is 11.3 Å². The van der Waals surface area contributed by atoms with E-state index in [1.807, 2.05) is 0 Å². The fraction of sp³-hybridized carbons (Fsp3) is 0.200. The van der Waals surface area contributed by atoms with E-state index in [0.29, 0.717) is 39.8 Å². The lowest BCUT2D eigenvalue weighted by Gasteiger charge is -2.16. The average Bonchev–Trinajstić information content (AvgIpc) is 2.52. The number of nitrogen functional groups attached to an aromatic ring is 1. The van der Waals surface area contributed by atoms with Crippen molar-refractivity contribution in [1.82, 2.24) is 4.98 Å². The van der Waals surface area contributed by atoms with Crippen molar-refractivity contribution in [2.75, 3.05) is 27.1 Å². The van der Waals surface area contributed by atoms with Crippen LogP contribution >= 0.6 is 0 Å². The number of benzene rings is 1. The molecular formula is C15H15N3O3. The number of aromatic nitrogens is 1. The molecule has 0 aliphatic rings. The predicted octanol–water partition coefficient (Wildman–Crippen LogP) is 2.23. The van der Waals surface area contributed by atoms with Crippen molar-refractivity contribution in [2.45, 2.75) is 0 Å². The Bertz CT molecular complexity index is 708. The van der Waals surface area contributed by atoms with Crippen LogP contribution in [0.3, 0.4) is 0 Å². The van der Waals surface area contributed by atoms with Crippen LogP contribution in [0.15, 0.2) is 24.4 Å². The maximum Gasteiger partial charge on any atom is 0.203 e. The quantitative estimate of drug-likeness (QED) is 0.926. The lowest BCUT2D eigenvalue weighted by atomic mass is 10.0. The van der Waals surface area contributed by atoms with Gasteiger partial charge in [0, 0.05) is 11.8 Å². The highest BCUT2D eigenvalue weighted by molar-refractivity contribution is 5.80. The van der Waals surface area contributed by atoms with Crippen LogP contribution in [-0.4, -0.2) is 26.3 Å². The van der Waals surface area contributed by atoms with Gasteiger partial charge in [0.2, 0.25) is 5.75 Å². The average molecular weight is 285 g/mol. The monoisotopic (exact) mass is 285 g/mol. The highest BCUT2D eigenvalue weighted by atomic mass is 16.5. The molecule has 0 spiro atoms. The topological polar surface area (TPSA) is 90.4 Å². The van der Waals surface area contributed by atoms with E-state index in [2.05, 4.69) is 11.1 Å². The van der Waals surface area contributed by atoms with Gasteiger partial charge in [0.15, 0.2) is 11.5 Å². The molecule has 21 heavy (non-hydrogen) atoms. The molecule has 108 valence electrons. The third-order valence-electron chi connectivity index (χ3n) is 3.05. The van der Waals surface area contributed by atoms with Gasteiger partial charge in [-0.3, -0.25) is 4.98 Å². The number of methoxy groups -OCH3 is 3. The van der Waals surface area contributed by atoms with E-state index in [1.165, 1.54) is 21.3 Å². The van der Waals surface area contributed by atoms with E-state index in [0.717, 1.165) is 0 Å². The predicted molar refractivity (Wildman–Crippen MR) is 78.5 cm³/mol. The standard InChI is InChI=1S/C15H15N3O3/c1-19-12-5-4-9(14(20-2)15(12)21-3)13-10(8-16)11(17)6-7-18-13/h4-7H,1-3H3,(H2,17,18). The number of rotatable bonds is 4. The summed E-state index contributed by atoms with van der Waals surface area (Å²) in [4.78, 5) is 4.24. The zero-order valence-electron chi connectivity index (χ0n) is 12.0. The number of ether oxygens (including phenoxy) is 3. The molecule has 0 fully saturated rings. The van der Waals surface area contributed by atoms with Gasteiger partial charge in [0.1, 0.15) is 11.6 Å². The summed E-state index contributed by atoms with van der Waals surface area (Å²) in [7, 11) is 4.57. The Morgan fingerprint density at radius 3 is 2.33 bits per heavy atom. The second-order valence-corrected chi connectivity index (χ2v) is 4.12. The Morgan fingerprint density at radius 1 is 1.05 bits per heavy atom. The van der Waals surface area contributed by atoms with Gasteiger partial charge < -0.3 is 19.9 Å². The Balaban J connectivity index is 2.77. The molecule has 1 aromatic carbocycles. The molecule has 0 aliphatic carbocycles. The van der Waals surface area contributed by atoms with Crippen molar-refractivity contribution in [1.29, 1.82) is 5.26 Å². The van der Waals surface area contributed by atoms with Gasteiger partial charge in [-0.25, -0.2) is 0 Å². The maximum absolute atomic E-state index is 9.28. The van der Waals surface area contributed by atoms with E-state index >= 15 is 0 Å². The first-order valence-corrected chi connectivity index (χ1v) is 6.11. The summed E-state index contributed by atoms with van der Waals surface area (Å²) in [5, 5.41) is 9.28. The van der Waals surface area contributed by atoms with Crippen LogP contribution in [0.2, 0.25) is 0 Å². The number of hydrogen-bond acceptors (Lipinski definition) is 6. The molecule has 1 heterocycles. The lowest BCUT2D eigenvalue weighted by molar-refractivity contribution is 0.325. The second kappa shape index (κ2) is 6.01. The molecular weight excluding hydrogens is 270 g/mol. The van der Waals surface area contributed by atoms with Crippen molar-refractivity contribution >= 4 is 5.69 Å². The van der Waals surface area contributed by atoms with Crippen molar-refractivity contribution in [3.8, 4) is 34.6 Å². The summed E-state index contributed by atoms with van der Waals surface area (Å²) in [6.07, 6.45) is 1.54. The van der Waals surface area contributed by atoms with Crippen LogP contribution in [0.1, 0.15) is 5.56 Å². The summed E-state index contributed by atoms with van der Waals surface area (Å²) in [6, 6.07) is 7.12. The van der Waals surface area contributed by atoms with E-state index in [-0.39, 0.29) is 0 Å². The summed E-state index contributed by atoms with van der Waals surface area (Å²) in [5.41, 5.74) is 7.53. The number of pyridine rings is 1. The molecule has 0 amide bonds. The molecule has 2 rings (SSSR count). The molecule has 2 aromatic rings. The summed E-state index contributed by atoms with van der Waals surface area (Å²) in [6.45, 7) is 0. The summed E-state index contributed by atoms with van der Waals surface area (Å²) < 4.78 is 16.0. The highest BCUT2D eigenvalue weighted by Gasteiger charge is 2.20. The van der Waals surface area contributed by atoms with Crippen LogP contribution in [-0.2, 0) is 0 Å². The zero-order chi connectivity index (χ0) is 15.4. The third kappa shape index (κ3) is 2.41. The van der Waals surface area contributed by atoms with Gasteiger partial charge in [-0.1, -0.05) is 0 Å². The lowest BCUT2D eigenvalue weighted by Crippen LogP contribution is -2.00. The third-order valence-corrected chi connectivity index (χ3v) is 3.05. The summed E-state index contributed by atoms with van der Waals surface area (Å²) >= 11 is 0. The highest BCUT2D eigenvalue weighted by Crippen LogP contribution is 2.44. The Hall–Kier alpha value is -2.94. The summed E-state index contributed by atoms with van der Waals surface area (Å²) in [5.74, 6) is 1.40. The van der Waals surface area contributed by atoms with Crippen molar-refractivity contribution in [2.24, 2.45) is 0 Å². The molecule has 0 saturated carbocycles. The van der Waals surface area contributed by atoms with Crippen molar-refractivity contribution in [3.63, 3.8) is 0 Å². The van der Waals surface area contributed by atoms with Crippen LogP contribution in [0.4, 0.5) is 5.69 Å². The molecule has 0 saturated heterocycles. The second-order valence-electron chi connectivity index (χ2n) is 4.12. The zero-order valence-corrected chi connectivity index (χ0v) is 12.0. The Labute approximate surface area is 122 Å².